The number of rotatable bonds is 12. The topological polar surface area (TPSA) is 115 Å². The Morgan fingerprint density at radius 2 is 1.90 bits per heavy atom. The second kappa shape index (κ2) is 12.6. The van der Waals surface area contributed by atoms with Crippen LogP contribution in [0.15, 0.2) is 47.0 Å². The van der Waals surface area contributed by atoms with Gasteiger partial charge >= 0.3 is 5.97 Å². The molecule has 0 fully saturated rings. The van der Waals surface area contributed by atoms with Crippen molar-refractivity contribution in [3.8, 4) is 11.5 Å². The minimum Gasteiger partial charge on any atom is -0.503 e. The number of benzene rings is 1. The fourth-order valence-electron chi connectivity index (χ4n) is 4.25. The van der Waals surface area contributed by atoms with Crippen molar-refractivity contribution in [1.29, 1.82) is 0 Å². The monoisotopic (exact) mass is 584 g/mol. The molecule has 1 amide bonds. The molecular weight excluding hydrogens is 552 g/mol. The van der Waals surface area contributed by atoms with E-state index in [1.165, 1.54) is 16.2 Å². The predicted octanol–water partition coefficient (Wildman–Crippen LogP) is 6.30. The van der Waals surface area contributed by atoms with Gasteiger partial charge in [0.15, 0.2) is 22.4 Å². The molecule has 0 spiro atoms. The van der Waals surface area contributed by atoms with Crippen LogP contribution < -0.4 is 14.4 Å². The lowest BCUT2D eigenvalue weighted by atomic mass is 9.95. The van der Waals surface area contributed by atoms with Crippen molar-refractivity contribution in [2.24, 2.45) is 5.92 Å². The van der Waals surface area contributed by atoms with Gasteiger partial charge in [0, 0.05) is 0 Å². The molecule has 2 aromatic heterocycles. The average Bonchev–Trinajstić information content (AvgIpc) is 3.64. The third-order valence-corrected chi connectivity index (χ3v) is 8.19. The van der Waals surface area contributed by atoms with Crippen molar-refractivity contribution in [2.45, 2.75) is 47.1 Å². The first-order valence-electron chi connectivity index (χ1n) is 13.1. The molecule has 1 atom stereocenters. The number of aromatic nitrogens is 1. The largest absolute Gasteiger partial charge is 0.503 e. The Bertz CT molecular complexity index is 1430. The number of aryl methyl sites for hydroxylation is 1. The molecule has 1 unspecified atom stereocenters. The number of aliphatic hydroxyl groups is 1. The molecule has 1 N–H and O–H groups in total. The van der Waals surface area contributed by atoms with Gasteiger partial charge in [-0.05, 0) is 62.3 Å². The van der Waals surface area contributed by atoms with E-state index in [1.807, 2.05) is 6.92 Å². The lowest BCUT2D eigenvalue weighted by molar-refractivity contribution is -0.117. The van der Waals surface area contributed by atoms with Gasteiger partial charge in [0.1, 0.15) is 4.88 Å². The van der Waals surface area contributed by atoms with Crippen LogP contribution in [0.25, 0.3) is 0 Å². The number of esters is 1. The predicted molar refractivity (Wildman–Crippen MR) is 154 cm³/mol. The Balaban J connectivity index is 1.82. The molecule has 3 heterocycles. The lowest BCUT2D eigenvalue weighted by Gasteiger charge is -2.25. The normalized spacial score (nSPS) is 15.2. The number of carbonyl (C=O) groups is 3. The number of thiazole rings is 1. The highest BCUT2D eigenvalue weighted by atomic mass is 32.1. The third-order valence-electron chi connectivity index (χ3n) is 6.19. The summed E-state index contributed by atoms with van der Waals surface area (Å²) in [5.41, 5.74) is 0.822. The number of hydrogen-bond acceptors (Lipinski definition) is 10. The summed E-state index contributed by atoms with van der Waals surface area (Å²) in [7, 11) is 0. The summed E-state index contributed by atoms with van der Waals surface area (Å²) in [5.74, 6) is -1.02. The summed E-state index contributed by atoms with van der Waals surface area (Å²) in [4.78, 5) is 46.0. The molecule has 40 heavy (non-hydrogen) atoms. The molecule has 4 rings (SSSR count). The van der Waals surface area contributed by atoms with Gasteiger partial charge in [0.2, 0.25) is 5.78 Å². The smallest absolute Gasteiger partial charge is 0.350 e. The van der Waals surface area contributed by atoms with E-state index in [-0.39, 0.29) is 22.2 Å². The minimum absolute atomic E-state index is 0.0751. The molecule has 0 saturated heterocycles. The van der Waals surface area contributed by atoms with E-state index in [1.54, 1.807) is 49.6 Å². The van der Waals surface area contributed by atoms with Gasteiger partial charge in [-0.1, -0.05) is 37.3 Å². The van der Waals surface area contributed by atoms with Crippen LogP contribution in [0, 0.1) is 12.8 Å². The Kier molecular flexibility index (Phi) is 9.26. The SMILES string of the molecule is CCOC(=O)c1sc(N2C(=O)C(O)=C(C(=O)c3cccs3)C2c2ccc(OCCC(C)C)c(OCC)c2)nc1C. The van der Waals surface area contributed by atoms with Crippen LogP contribution in [0.5, 0.6) is 11.5 Å². The maximum absolute atomic E-state index is 13.6. The maximum atomic E-state index is 13.6. The average molecular weight is 585 g/mol. The van der Waals surface area contributed by atoms with Crippen molar-refractivity contribution < 1.29 is 33.7 Å². The standard InChI is InChI=1S/C29H32N2O7S2/c1-6-36-20-15-18(10-11-19(20)38-13-12-16(3)4)23-22(24(32)21-9-8-14-39-21)25(33)27(34)31(23)29-30-17(5)26(40-29)28(35)37-7-2/h8-11,14-16,23,33H,6-7,12-13H2,1-5H3. The number of Topliss-reactive ketones (excluding diaryl/α,β-unsaturated/α-hetero) is 1. The summed E-state index contributed by atoms with van der Waals surface area (Å²) >= 11 is 2.18. The van der Waals surface area contributed by atoms with Crippen LogP contribution in [-0.4, -0.2) is 47.6 Å². The van der Waals surface area contributed by atoms with Crippen molar-refractivity contribution in [2.75, 3.05) is 24.7 Å². The highest BCUT2D eigenvalue weighted by molar-refractivity contribution is 7.17. The van der Waals surface area contributed by atoms with Gasteiger partial charge < -0.3 is 19.3 Å². The Morgan fingerprint density at radius 3 is 2.55 bits per heavy atom. The van der Waals surface area contributed by atoms with E-state index in [0.717, 1.165) is 17.8 Å². The zero-order valence-electron chi connectivity index (χ0n) is 23.1. The Labute approximate surface area is 241 Å². The van der Waals surface area contributed by atoms with Crippen LogP contribution in [0.2, 0.25) is 0 Å². The van der Waals surface area contributed by atoms with Gasteiger partial charge in [-0.25, -0.2) is 9.78 Å². The van der Waals surface area contributed by atoms with E-state index in [4.69, 9.17) is 14.2 Å². The molecule has 3 aromatic rings. The lowest BCUT2D eigenvalue weighted by Crippen LogP contribution is -2.31. The Morgan fingerprint density at radius 1 is 1.12 bits per heavy atom. The van der Waals surface area contributed by atoms with Gasteiger partial charge in [-0.2, -0.15) is 0 Å². The van der Waals surface area contributed by atoms with Crippen LogP contribution in [0.1, 0.15) is 70.8 Å². The third kappa shape index (κ3) is 5.90. The number of ether oxygens (including phenoxy) is 3. The molecule has 1 aliphatic heterocycles. The molecule has 0 bridgehead atoms. The van der Waals surface area contributed by atoms with Gasteiger partial charge in [0.25, 0.3) is 5.91 Å². The number of nitrogens with zero attached hydrogens (tertiary/aromatic N) is 2. The summed E-state index contributed by atoms with van der Waals surface area (Å²) in [6, 6.07) is 7.54. The number of hydrogen-bond donors (Lipinski definition) is 1. The molecule has 212 valence electrons. The fourth-order valence-corrected chi connectivity index (χ4v) is 5.91. The first kappa shape index (κ1) is 29.3. The van der Waals surface area contributed by atoms with Crippen molar-refractivity contribution in [3.05, 3.63) is 68.1 Å². The molecule has 1 aliphatic rings. The molecule has 0 aliphatic carbocycles. The minimum atomic E-state index is -1.02. The van der Waals surface area contributed by atoms with Crippen molar-refractivity contribution in [1.82, 2.24) is 4.98 Å². The van der Waals surface area contributed by atoms with E-state index in [9.17, 15) is 19.5 Å². The van der Waals surface area contributed by atoms with Gasteiger partial charge in [-0.15, -0.1) is 11.3 Å². The first-order chi connectivity index (χ1) is 19.2. The number of anilines is 1. The van der Waals surface area contributed by atoms with E-state index in [2.05, 4.69) is 18.8 Å². The van der Waals surface area contributed by atoms with E-state index < -0.39 is 29.5 Å². The van der Waals surface area contributed by atoms with Gasteiger partial charge in [-0.3, -0.25) is 14.5 Å². The molecule has 0 radical (unpaired) electrons. The zero-order valence-corrected chi connectivity index (χ0v) is 24.7. The first-order valence-corrected chi connectivity index (χ1v) is 14.8. The van der Waals surface area contributed by atoms with Crippen molar-refractivity contribution in [3.63, 3.8) is 0 Å². The summed E-state index contributed by atoms with van der Waals surface area (Å²) in [5, 5.41) is 13.0. The van der Waals surface area contributed by atoms with Gasteiger partial charge in [0.05, 0.1) is 42.0 Å². The Hall–Kier alpha value is -3.70. The second-order valence-electron chi connectivity index (χ2n) is 9.45. The van der Waals surface area contributed by atoms with Crippen LogP contribution >= 0.6 is 22.7 Å². The summed E-state index contributed by atoms with van der Waals surface area (Å²) < 4.78 is 17.0. The maximum Gasteiger partial charge on any atom is 0.350 e. The molecule has 11 heteroatoms. The van der Waals surface area contributed by atoms with Crippen molar-refractivity contribution >= 4 is 45.5 Å². The van der Waals surface area contributed by atoms with Crippen LogP contribution in [0.3, 0.4) is 0 Å². The fraction of sp³-hybridized carbons (Fsp3) is 0.379. The van der Waals surface area contributed by atoms with Crippen LogP contribution in [-0.2, 0) is 9.53 Å². The number of aliphatic hydroxyl groups excluding tert-OH is 1. The second-order valence-corrected chi connectivity index (χ2v) is 11.4. The van der Waals surface area contributed by atoms with E-state index in [0.29, 0.717) is 46.8 Å². The summed E-state index contributed by atoms with van der Waals surface area (Å²) in [6.45, 7) is 10.5. The number of carbonyl (C=O) groups excluding carboxylic acids is 3. The van der Waals surface area contributed by atoms with Crippen LogP contribution in [0.4, 0.5) is 5.13 Å². The number of ketones is 1. The molecule has 1 aromatic carbocycles. The molecule has 9 nitrogen and oxygen atoms in total. The zero-order chi connectivity index (χ0) is 29.0. The molecule has 0 saturated carbocycles. The van der Waals surface area contributed by atoms with E-state index >= 15 is 0 Å². The molecular formula is C29H32N2O7S2. The summed E-state index contributed by atoms with van der Waals surface area (Å²) in [6.07, 6.45) is 0.862. The highest BCUT2D eigenvalue weighted by Gasteiger charge is 2.46. The number of amides is 1. The number of thiophene rings is 1. The highest BCUT2D eigenvalue weighted by Crippen LogP contribution is 2.45. The quantitative estimate of drug-likeness (QED) is 0.195.